The molecule has 2 aromatic rings. The highest BCUT2D eigenvalue weighted by Crippen LogP contribution is 2.16. The number of anilines is 1. The highest BCUT2D eigenvalue weighted by atomic mass is 79.9. The third-order valence-corrected chi connectivity index (χ3v) is 4.16. The lowest BCUT2D eigenvalue weighted by molar-refractivity contribution is 0.0635. The Kier molecular flexibility index (Phi) is 7.45. The number of hydrogen-bond acceptors (Lipinski definition) is 4. The molecule has 0 unspecified atom stereocenters. The van der Waals surface area contributed by atoms with E-state index in [1.165, 1.54) is 0 Å². The van der Waals surface area contributed by atoms with Crippen molar-refractivity contribution in [2.75, 3.05) is 25.5 Å². The highest BCUT2D eigenvalue weighted by molar-refractivity contribution is 9.10. The van der Waals surface area contributed by atoms with Gasteiger partial charge in [0.15, 0.2) is 0 Å². The third kappa shape index (κ3) is 7.23. The molecule has 0 saturated heterocycles. The monoisotopic (exact) mass is 448 g/mol. The van der Waals surface area contributed by atoms with E-state index in [0.29, 0.717) is 24.4 Å². The average molecular weight is 449 g/mol. The molecular weight excluding hydrogens is 424 g/mol. The lowest BCUT2D eigenvalue weighted by Crippen LogP contribution is -2.31. The SMILES string of the molecule is CN(CCOc1ccc(Br)cc1)C(=O)c1ccc(NC(=O)OC(C)(C)C)cc1. The minimum absolute atomic E-state index is 0.122. The molecule has 1 N–H and O–H groups in total. The predicted octanol–water partition coefficient (Wildman–Crippen LogP) is 4.95. The zero-order chi connectivity index (χ0) is 20.7. The van der Waals surface area contributed by atoms with Crippen molar-refractivity contribution in [1.29, 1.82) is 0 Å². The first-order chi connectivity index (χ1) is 13.1. The first-order valence-corrected chi connectivity index (χ1v) is 9.67. The Hall–Kier alpha value is -2.54. The molecular formula is C21H25BrN2O4. The van der Waals surface area contributed by atoms with E-state index in [1.807, 2.05) is 24.3 Å². The zero-order valence-electron chi connectivity index (χ0n) is 16.5. The molecule has 0 aliphatic heterocycles. The predicted molar refractivity (Wildman–Crippen MR) is 113 cm³/mol. The van der Waals surface area contributed by atoms with E-state index in [9.17, 15) is 9.59 Å². The third-order valence-electron chi connectivity index (χ3n) is 3.63. The number of ether oxygens (including phenoxy) is 2. The second kappa shape index (κ2) is 9.59. The highest BCUT2D eigenvalue weighted by Gasteiger charge is 2.16. The van der Waals surface area contributed by atoms with Gasteiger partial charge in [0.2, 0.25) is 0 Å². The molecule has 28 heavy (non-hydrogen) atoms. The lowest BCUT2D eigenvalue weighted by Gasteiger charge is -2.20. The summed E-state index contributed by atoms with van der Waals surface area (Å²) in [4.78, 5) is 25.9. The molecule has 0 aliphatic rings. The Labute approximate surface area is 174 Å². The van der Waals surface area contributed by atoms with Crippen LogP contribution < -0.4 is 10.1 Å². The molecule has 2 aromatic carbocycles. The molecule has 6 nitrogen and oxygen atoms in total. The number of halogens is 1. The Balaban J connectivity index is 1.84. The molecule has 0 fully saturated rings. The fraction of sp³-hybridized carbons (Fsp3) is 0.333. The van der Waals surface area contributed by atoms with Crippen molar-refractivity contribution in [1.82, 2.24) is 4.90 Å². The fourth-order valence-corrected chi connectivity index (χ4v) is 2.54. The van der Waals surface area contributed by atoms with E-state index in [-0.39, 0.29) is 5.91 Å². The zero-order valence-corrected chi connectivity index (χ0v) is 18.1. The number of amides is 2. The number of hydrogen-bond donors (Lipinski definition) is 1. The van der Waals surface area contributed by atoms with Gasteiger partial charge in [-0.15, -0.1) is 0 Å². The second-order valence-electron chi connectivity index (χ2n) is 7.23. The van der Waals surface area contributed by atoms with Crippen molar-refractivity contribution in [3.8, 4) is 5.75 Å². The van der Waals surface area contributed by atoms with Gasteiger partial charge in [-0.05, 0) is 69.3 Å². The van der Waals surface area contributed by atoms with Crippen molar-refractivity contribution in [3.63, 3.8) is 0 Å². The van der Waals surface area contributed by atoms with Gasteiger partial charge >= 0.3 is 6.09 Å². The number of carbonyl (C=O) groups is 2. The van der Waals surface area contributed by atoms with Gasteiger partial charge in [-0.25, -0.2) is 4.79 Å². The summed E-state index contributed by atoms with van der Waals surface area (Å²) in [5.41, 5.74) is 0.522. The normalized spacial score (nSPS) is 10.9. The maximum atomic E-state index is 12.5. The molecule has 0 spiro atoms. The van der Waals surface area contributed by atoms with E-state index < -0.39 is 11.7 Å². The largest absolute Gasteiger partial charge is 0.492 e. The Morgan fingerprint density at radius 3 is 2.21 bits per heavy atom. The van der Waals surface area contributed by atoms with E-state index in [2.05, 4.69) is 21.2 Å². The lowest BCUT2D eigenvalue weighted by atomic mass is 10.2. The Morgan fingerprint density at radius 2 is 1.64 bits per heavy atom. The molecule has 0 heterocycles. The number of rotatable bonds is 6. The number of nitrogens with one attached hydrogen (secondary N) is 1. The number of benzene rings is 2. The smallest absolute Gasteiger partial charge is 0.412 e. The van der Waals surface area contributed by atoms with Gasteiger partial charge in [0.25, 0.3) is 5.91 Å². The standard InChI is InChI=1S/C21H25BrN2O4/c1-21(2,3)28-20(26)23-17-9-5-15(6-10-17)19(25)24(4)13-14-27-18-11-7-16(22)8-12-18/h5-12H,13-14H2,1-4H3,(H,23,26). The van der Waals surface area contributed by atoms with Gasteiger partial charge in [0.1, 0.15) is 18.0 Å². The van der Waals surface area contributed by atoms with Crippen LogP contribution in [0.5, 0.6) is 5.75 Å². The molecule has 0 aromatic heterocycles. The molecule has 150 valence electrons. The van der Waals surface area contributed by atoms with Crippen LogP contribution in [0.25, 0.3) is 0 Å². The average Bonchev–Trinajstić information content (AvgIpc) is 2.61. The van der Waals surface area contributed by atoms with Crippen LogP contribution >= 0.6 is 15.9 Å². The summed E-state index contributed by atoms with van der Waals surface area (Å²) in [6.45, 7) is 6.23. The molecule has 0 aliphatic carbocycles. The van der Waals surface area contributed by atoms with Crippen molar-refractivity contribution in [2.45, 2.75) is 26.4 Å². The summed E-state index contributed by atoms with van der Waals surface area (Å²) in [6, 6.07) is 14.2. The minimum atomic E-state index is -0.568. The maximum absolute atomic E-state index is 12.5. The van der Waals surface area contributed by atoms with Crippen LogP contribution in [0.1, 0.15) is 31.1 Å². The maximum Gasteiger partial charge on any atom is 0.412 e. The minimum Gasteiger partial charge on any atom is -0.492 e. The van der Waals surface area contributed by atoms with Crippen LogP contribution in [-0.4, -0.2) is 42.7 Å². The molecule has 0 bridgehead atoms. The second-order valence-corrected chi connectivity index (χ2v) is 8.15. The summed E-state index contributed by atoms with van der Waals surface area (Å²) in [5, 5.41) is 2.64. The summed E-state index contributed by atoms with van der Waals surface area (Å²) in [5.74, 6) is 0.629. The van der Waals surface area contributed by atoms with E-state index in [4.69, 9.17) is 9.47 Å². The van der Waals surface area contributed by atoms with Crippen LogP contribution in [0.3, 0.4) is 0 Å². The molecule has 0 radical (unpaired) electrons. The van der Waals surface area contributed by atoms with Gasteiger partial charge in [-0.3, -0.25) is 10.1 Å². The number of likely N-dealkylation sites (N-methyl/N-ethyl adjacent to an activating group) is 1. The van der Waals surface area contributed by atoms with Gasteiger partial charge in [-0.1, -0.05) is 15.9 Å². The van der Waals surface area contributed by atoms with Gasteiger partial charge in [0, 0.05) is 22.8 Å². The van der Waals surface area contributed by atoms with Crippen LogP contribution in [0.15, 0.2) is 53.0 Å². The first-order valence-electron chi connectivity index (χ1n) is 8.88. The quantitative estimate of drug-likeness (QED) is 0.678. The van der Waals surface area contributed by atoms with Crippen molar-refractivity contribution < 1.29 is 19.1 Å². The van der Waals surface area contributed by atoms with Crippen LogP contribution in [0.4, 0.5) is 10.5 Å². The summed E-state index contributed by atoms with van der Waals surface area (Å²) in [6.07, 6.45) is -0.534. The summed E-state index contributed by atoms with van der Waals surface area (Å²) in [7, 11) is 1.72. The molecule has 0 saturated carbocycles. The molecule has 7 heteroatoms. The van der Waals surface area contributed by atoms with Crippen molar-refractivity contribution in [2.24, 2.45) is 0 Å². The Morgan fingerprint density at radius 1 is 1.04 bits per heavy atom. The molecule has 2 amide bonds. The number of nitrogens with zero attached hydrogens (tertiary/aromatic N) is 1. The van der Waals surface area contributed by atoms with E-state index in [1.54, 1.807) is 57.0 Å². The van der Waals surface area contributed by atoms with E-state index >= 15 is 0 Å². The van der Waals surface area contributed by atoms with Crippen molar-refractivity contribution in [3.05, 3.63) is 58.6 Å². The van der Waals surface area contributed by atoms with Crippen molar-refractivity contribution >= 4 is 33.6 Å². The Bertz CT molecular complexity index is 799. The fourth-order valence-electron chi connectivity index (χ4n) is 2.27. The van der Waals surface area contributed by atoms with Gasteiger partial charge < -0.3 is 14.4 Å². The molecule has 2 rings (SSSR count). The number of carbonyl (C=O) groups excluding carboxylic acids is 2. The molecule has 0 atom stereocenters. The van der Waals surface area contributed by atoms with Gasteiger partial charge in [0.05, 0.1) is 6.54 Å². The topological polar surface area (TPSA) is 67.9 Å². The van der Waals surface area contributed by atoms with Crippen LogP contribution in [0.2, 0.25) is 0 Å². The van der Waals surface area contributed by atoms with Crippen LogP contribution in [0, 0.1) is 0 Å². The van der Waals surface area contributed by atoms with Crippen LogP contribution in [-0.2, 0) is 4.74 Å². The summed E-state index contributed by atoms with van der Waals surface area (Å²) >= 11 is 3.37. The summed E-state index contributed by atoms with van der Waals surface area (Å²) < 4.78 is 11.8. The van der Waals surface area contributed by atoms with E-state index in [0.717, 1.165) is 10.2 Å². The van der Waals surface area contributed by atoms with Gasteiger partial charge in [-0.2, -0.15) is 0 Å². The first kappa shape index (κ1) is 21.8.